The Balaban J connectivity index is 2.00. The van der Waals surface area contributed by atoms with Crippen LogP contribution in [0.1, 0.15) is 16.6 Å². The second-order valence-electron chi connectivity index (χ2n) is 4.10. The fourth-order valence-electron chi connectivity index (χ4n) is 1.54. The number of aromatic nitrogens is 1. The van der Waals surface area contributed by atoms with Crippen LogP contribution in [0.15, 0.2) is 34.5 Å². The van der Waals surface area contributed by atoms with Crippen LogP contribution in [0, 0.1) is 18.3 Å². The Morgan fingerprint density at radius 1 is 1.50 bits per heavy atom. The Bertz CT molecular complexity index is 646. The number of rotatable bonds is 5. The number of thiazole rings is 1. The molecule has 0 aliphatic heterocycles. The smallest absolute Gasteiger partial charge is 0.167 e. The molecule has 0 amide bonds. The first-order chi connectivity index (χ1) is 9.60. The summed E-state index contributed by atoms with van der Waals surface area (Å²) in [5.41, 5.74) is 0.836. The number of thioether (sulfide) groups is 1. The molecule has 1 heterocycles. The van der Waals surface area contributed by atoms with Crippen molar-refractivity contribution in [3.8, 4) is 6.07 Å². The number of carbonyl (C=O) groups excluding carboxylic acids is 1. The molecule has 0 bridgehead atoms. The second kappa shape index (κ2) is 6.89. The molecule has 0 aliphatic carbocycles. The maximum atomic E-state index is 12.1. The van der Waals surface area contributed by atoms with Gasteiger partial charge in [0.2, 0.25) is 0 Å². The molecule has 2 rings (SSSR count). The number of halogens is 1. The molecule has 102 valence electrons. The molecule has 20 heavy (non-hydrogen) atoms. The van der Waals surface area contributed by atoms with E-state index >= 15 is 0 Å². The zero-order valence-electron chi connectivity index (χ0n) is 10.7. The van der Waals surface area contributed by atoms with Crippen molar-refractivity contribution < 1.29 is 4.79 Å². The van der Waals surface area contributed by atoms with Gasteiger partial charge >= 0.3 is 0 Å². The Kier molecular flexibility index (Phi) is 5.18. The zero-order valence-corrected chi connectivity index (χ0v) is 13.1. The van der Waals surface area contributed by atoms with Crippen LogP contribution in [0.4, 0.5) is 0 Å². The molecule has 0 aliphatic rings. The van der Waals surface area contributed by atoms with Crippen molar-refractivity contribution in [3.05, 3.63) is 45.4 Å². The summed E-state index contributed by atoms with van der Waals surface area (Å²) in [5.74, 6) is -0.645. The molecule has 1 atom stereocenters. The largest absolute Gasteiger partial charge is 0.297 e. The minimum atomic E-state index is -0.770. The van der Waals surface area contributed by atoms with E-state index in [9.17, 15) is 4.79 Å². The Labute approximate surface area is 130 Å². The molecule has 3 nitrogen and oxygen atoms in total. The zero-order chi connectivity index (χ0) is 14.5. The van der Waals surface area contributed by atoms with Crippen molar-refractivity contribution in [3.63, 3.8) is 0 Å². The summed E-state index contributed by atoms with van der Waals surface area (Å²) >= 11 is 8.56. The Hall–Kier alpha value is -1.35. The first kappa shape index (κ1) is 15.0. The van der Waals surface area contributed by atoms with Gasteiger partial charge in [-0.05, 0) is 31.2 Å². The van der Waals surface area contributed by atoms with Crippen LogP contribution in [-0.4, -0.2) is 16.5 Å². The van der Waals surface area contributed by atoms with Crippen LogP contribution in [0.5, 0.6) is 0 Å². The molecule has 0 spiro atoms. The molecule has 0 radical (unpaired) electrons. The quantitative estimate of drug-likeness (QED) is 0.778. The van der Waals surface area contributed by atoms with Gasteiger partial charge in [-0.1, -0.05) is 11.6 Å². The molecule has 2 aromatic rings. The number of hydrogen-bond acceptors (Lipinski definition) is 5. The van der Waals surface area contributed by atoms with Gasteiger partial charge in [0.25, 0.3) is 0 Å². The lowest BCUT2D eigenvalue weighted by Gasteiger charge is -2.05. The summed E-state index contributed by atoms with van der Waals surface area (Å²) in [6.45, 7) is 1.85. The van der Waals surface area contributed by atoms with Crippen LogP contribution >= 0.6 is 34.7 Å². The number of benzene rings is 1. The molecule has 0 fully saturated rings. The van der Waals surface area contributed by atoms with Gasteiger partial charge in [0.1, 0.15) is 5.01 Å². The van der Waals surface area contributed by atoms with Crippen LogP contribution in [0.3, 0.4) is 0 Å². The third-order valence-electron chi connectivity index (χ3n) is 2.53. The van der Waals surface area contributed by atoms with E-state index in [1.165, 1.54) is 23.1 Å². The average Bonchev–Trinajstić information content (AvgIpc) is 2.85. The molecule has 6 heteroatoms. The van der Waals surface area contributed by atoms with Crippen molar-refractivity contribution in [2.45, 2.75) is 17.7 Å². The minimum absolute atomic E-state index is 0.123. The highest BCUT2D eigenvalue weighted by Gasteiger charge is 2.23. The number of ketones is 1. The molecule has 1 unspecified atom stereocenters. The van der Waals surface area contributed by atoms with Gasteiger partial charge in [-0.25, -0.2) is 4.98 Å². The maximum Gasteiger partial charge on any atom is 0.167 e. The summed E-state index contributed by atoms with van der Waals surface area (Å²) in [5, 5.41) is 12.2. The second-order valence-corrected chi connectivity index (χ2v) is 6.47. The SMILES string of the molecule is Cc1csc(C(C#N)C(=O)CSc2ccc(Cl)cc2)n1. The number of carbonyl (C=O) groups is 1. The number of aryl methyl sites for hydroxylation is 1. The molecular formula is C14H11ClN2OS2. The van der Waals surface area contributed by atoms with E-state index in [4.69, 9.17) is 16.9 Å². The number of nitrogens with zero attached hydrogens (tertiary/aromatic N) is 2. The van der Waals surface area contributed by atoms with Crippen molar-refractivity contribution >= 4 is 40.5 Å². The van der Waals surface area contributed by atoms with Crippen molar-refractivity contribution in [2.75, 3.05) is 5.75 Å². The third-order valence-corrected chi connectivity index (χ3v) is 4.84. The molecule has 1 aromatic carbocycles. The van der Waals surface area contributed by atoms with E-state index in [1.807, 2.05) is 30.5 Å². The highest BCUT2D eigenvalue weighted by atomic mass is 35.5. The number of hydrogen-bond donors (Lipinski definition) is 0. The van der Waals surface area contributed by atoms with Crippen molar-refractivity contribution in [1.82, 2.24) is 4.98 Å². The average molecular weight is 323 g/mol. The summed E-state index contributed by atoms with van der Waals surface area (Å²) in [7, 11) is 0. The van der Waals surface area contributed by atoms with Crippen LogP contribution in [0.25, 0.3) is 0 Å². The molecule has 0 saturated carbocycles. The van der Waals surface area contributed by atoms with E-state index in [0.717, 1.165) is 10.6 Å². The fraction of sp³-hybridized carbons (Fsp3) is 0.214. The first-order valence-corrected chi connectivity index (χ1v) is 8.07. The van der Waals surface area contributed by atoms with Crippen LogP contribution in [0.2, 0.25) is 5.02 Å². The topological polar surface area (TPSA) is 53.8 Å². The summed E-state index contributed by atoms with van der Waals surface area (Å²) in [6.07, 6.45) is 0. The van der Waals surface area contributed by atoms with Gasteiger partial charge in [-0.2, -0.15) is 5.26 Å². The molecular weight excluding hydrogens is 312 g/mol. The normalized spacial score (nSPS) is 11.8. The third kappa shape index (κ3) is 3.83. The van der Waals surface area contributed by atoms with E-state index in [1.54, 1.807) is 12.1 Å². The minimum Gasteiger partial charge on any atom is -0.297 e. The van der Waals surface area contributed by atoms with E-state index < -0.39 is 5.92 Å². The van der Waals surface area contributed by atoms with Crippen LogP contribution in [-0.2, 0) is 4.79 Å². The van der Waals surface area contributed by atoms with Gasteiger partial charge in [-0.15, -0.1) is 23.1 Å². The number of nitriles is 1. The highest BCUT2D eigenvalue weighted by molar-refractivity contribution is 8.00. The van der Waals surface area contributed by atoms with E-state index in [0.29, 0.717) is 10.0 Å². The van der Waals surface area contributed by atoms with E-state index in [2.05, 4.69) is 4.98 Å². The fourth-order valence-corrected chi connectivity index (χ4v) is 3.33. The standard InChI is InChI=1S/C14H11ClN2OS2/c1-9-7-20-14(17-9)12(6-16)13(18)8-19-11-4-2-10(15)3-5-11/h2-5,7,12H,8H2,1H3. The van der Waals surface area contributed by atoms with Gasteiger partial charge in [0.15, 0.2) is 11.7 Å². The monoisotopic (exact) mass is 322 g/mol. The summed E-state index contributed by atoms with van der Waals surface area (Å²) in [6, 6.07) is 9.31. The summed E-state index contributed by atoms with van der Waals surface area (Å²) in [4.78, 5) is 17.3. The van der Waals surface area contributed by atoms with Gasteiger partial charge < -0.3 is 0 Å². The Morgan fingerprint density at radius 2 is 2.20 bits per heavy atom. The van der Waals surface area contributed by atoms with Gasteiger partial charge in [0, 0.05) is 21.0 Å². The van der Waals surface area contributed by atoms with Gasteiger partial charge in [-0.3, -0.25) is 4.79 Å². The van der Waals surface area contributed by atoms with E-state index in [-0.39, 0.29) is 11.5 Å². The molecule has 0 saturated heterocycles. The molecule has 1 aromatic heterocycles. The van der Waals surface area contributed by atoms with Crippen molar-refractivity contribution in [1.29, 1.82) is 5.26 Å². The molecule has 0 N–H and O–H groups in total. The first-order valence-electron chi connectivity index (χ1n) is 5.83. The lowest BCUT2D eigenvalue weighted by atomic mass is 10.1. The van der Waals surface area contributed by atoms with Crippen LogP contribution < -0.4 is 0 Å². The highest BCUT2D eigenvalue weighted by Crippen LogP contribution is 2.25. The lowest BCUT2D eigenvalue weighted by molar-refractivity contribution is -0.116. The predicted molar refractivity (Wildman–Crippen MR) is 82.4 cm³/mol. The Morgan fingerprint density at radius 3 is 2.75 bits per heavy atom. The van der Waals surface area contributed by atoms with Gasteiger partial charge in [0.05, 0.1) is 11.8 Å². The maximum absolute atomic E-state index is 12.1. The lowest BCUT2D eigenvalue weighted by Crippen LogP contribution is -2.13. The predicted octanol–water partition coefficient (Wildman–Crippen LogP) is 4.07. The number of Topliss-reactive ketones (excluding diaryl/α,β-unsaturated/α-hetero) is 1. The summed E-state index contributed by atoms with van der Waals surface area (Å²) < 4.78 is 0. The van der Waals surface area contributed by atoms with Crippen molar-refractivity contribution in [2.24, 2.45) is 0 Å².